The Morgan fingerprint density at radius 1 is 1.40 bits per heavy atom. The molecule has 0 saturated carbocycles. The summed E-state index contributed by atoms with van der Waals surface area (Å²) < 4.78 is 18.2. The number of hydrogen-bond acceptors (Lipinski definition) is 4. The zero-order valence-corrected chi connectivity index (χ0v) is 11.1. The number of H-pyrrole nitrogens is 1. The molecule has 1 heterocycles. The zero-order chi connectivity index (χ0) is 14.7. The molecule has 0 atom stereocenters. The summed E-state index contributed by atoms with van der Waals surface area (Å²) in [6, 6.07) is 3.76. The minimum absolute atomic E-state index is 0.0756. The molecule has 20 heavy (non-hydrogen) atoms. The summed E-state index contributed by atoms with van der Waals surface area (Å²) in [5.41, 5.74) is 0.969. The fourth-order valence-corrected chi connectivity index (χ4v) is 1.97. The van der Waals surface area contributed by atoms with Crippen molar-refractivity contribution in [2.75, 3.05) is 7.11 Å². The van der Waals surface area contributed by atoms with Crippen molar-refractivity contribution >= 4 is 5.97 Å². The summed E-state index contributed by atoms with van der Waals surface area (Å²) in [4.78, 5) is 29.8. The van der Waals surface area contributed by atoms with E-state index in [1.54, 1.807) is 6.92 Å². The summed E-state index contributed by atoms with van der Waals surface area (Å²) in [6.07, 6.45) is 1.70. The van der Waals surface area contributed by atoms with Crippen LogP contribution in [0.25, 0.3) is 11.3 Å². The van der Waals surface area contributed by atoms with E-state index in [2.05, 4.69) is 14.7 Å². The van der Waals surface area contributed by atoms with Gasteiger partial charge in [0.25, 0.3) is 5.56 Å². The third-order valence-corrected chi connectivity index (χ3v) is 2.90. The molecular weight excluding hydrogens is 263 g/mol. The Kier molecular flexibility index (Phi) is 3.93. The van der Waals surface area contributed by atoms with Crippen LogP contribution in [0.15, 0.2) is 29.3 Å². The van der Waals surface area contributed by atoms with Gasteiger partial charge in [-0.3, -0.25) is 4.79 Å². The Morgan fingerprint density at radius 3 is 2.80 bits per heavy atom. The quantitative estimate of drug-likeness (QED) is 0.869. The molecule has 0 unspecified atom stereocenters. The van der Waals surface area contributed by atoms with Gasteiger partial charge >= 0.3 is 5.97 Å². The minimum Gasteiger partial charge on any atom is -0.465 e. The molecular formula is C14H13FN2O3. The van der Waals surface area contributed by atoms with Crippen LogP contribution in [-0.2, 0) is 11.2 Å². The number of carbonyl (C=O) groups is 1. The lowest BCUT2D eigenvalue weighted by Gasteiger charge is -2.07. The second-order valence-corrected chi connectivity index (χ2v) is 4.13. The lowest BCUT2D eigenvalue weighted by Crippen LogP contribution is -2.14. The van der Waals surface area contributed by atoms with E-state index in [0.717, 1.165) is 6.07 Å². The topological polar surface area (TPSA) is 72.0 Å². The molecule has 0 aliphatic heterocycles. The van der Waals surface area contributed by atoms with Gasteiger partial charge in [-0.25, -0.2) is 14.2 Å². The Morgan fingerprint density at radius 2 is 2.15 bits per heavy atom. The predicted octanol–water partition coefficient (Wildman–Crippen LogP) is 1.92. The van der Waals surface area contributed by atoms with Crippen LogP contribution in [0.5, 0.6) is 0 Å². The van der Waals surface area contributed by atoms with Crippen LogP contribution in [0, 0.1) is 5.82 Å². The largest absolute Gasteiger partial charge is 0.465 e. The highest BCUT2D eigenvalue weighted by atomic mass is 19.1. The average molecular weight is 276 g/mol. The zero-order valence-electron chi connectivity index (χ0n) is 11.1. The Balaban J connectivity index is 2.64. The Hall–Kier alpha value is -2.50. The van der Waals surface area contributed by atoms with Crippen molar-refractivity contribution < 1.29 is 13.9 Å². The first-order valence-electron chi connectivity index (χ1n) is 6.02. The second-order valence-electron chi connectivity index (χ2n) is 4.13. The number of rotatable bonds is 3. The standard InChI is InChI=1S/C14H13FN2O3/c1-3-11-12(16-7-17-13(11)18)8-4-9(14(19)20-2)6-10(15)5-8/h4-7H,3H2,1-2H3,(H,16,17,18). The fraction of sp³-hybridized carbons (Fsp3) is 0.214. The summed E-state index contributed by atoms with van der Waals surface area (Å²) in [6.45, 7) is 1.80. The molecule has 2 aromatic rings. The molecule has 0 aliphatic carbocycles. The van der Waals surface area contributed by atoms with Gasteiger partial charge in [-0.2, -0.15) is 0 Å². The molecule has 0 bridgehead atoms. The van der Waals surface area contributed by atoms with Crippen molar-refractivity contribution in [3.8, 4) is 11.3 Å². The van der Waals surface area contributed by atoms with Gasteiger partial charge in [-0.15, -0.1) is 0 Å². The number of esters is 1. The molecule has 6 heteroatoms. The Labute approximate surface area is 114 Å². The smallest absolute Gasteiger partial charge is 0.337 e. The van der Waals surface area contributed by atoms with E-state index in [9.17, 15) is 14.0 Å². The van der Waals surface area contributed by atoms with Crippen molar-refractivity contribution in [1.29, 1.82) is 0 Å². The van der Waals surface area contributed by atoms with Crippen molar-refractivity contribution in [3.63, 3.8) is 0 Å². The van der Waals surface area contributed by atoms with Crippen molar-refractivity contribution in [3.05, 3.63) is 51.8 Å². The summed E-state index contributed by atoms with van der Waals surface area (Å²) in [5, 5.41) is 0. The molecule has 1 aromatic heterocycles. The number of aromatic amines is 1. The Bertz CT molecular complexity index is 710. The number of nitrogens with one attached hydrogen (secondary N) is 1. The minimum atomic E-state index is -0.645. The summed E-state index contributed by atoms with van der Waals surface area (Å²) >= 11 is 0. The third-order valence-electron chi connectivity index (χ3n) is 2.90. The van der Waals surface area contributed by atoms with Gasteiger partial charge < -0.3 is 9.72 Å². The molecule has 104 valence electrons. The highest BCUT2D eigenvalue weighted by Gasteiger charge is 2.14. The fourth-order valence-electron chi connectivity index (χ4n) is 1.97. The van der Waals surface area contributed by atoms with Crippen LogP contribution in [0.2, 0.25) is 0 Å². The highest BCUT2D eigenvalue weighted by molar-refractivity contribution is 5.91. The van der Waals surface area contributed by atoms with Gasteiger partial charge in [-0.05, 0) is 24.6 Å². The molecule has 0 amide bonds. The first-order chi connectivity index (χ1) is 9.56. The van der Waals surface area contributed by atoms with E-state index in [4.69, 9.17) is 0 Å². The van der Waals surface area contributed by atoms with Gasteiger partial charge in [0.2, 0.25) is 0 Å². The molecule has 1 aromatic carbocycles. The van der Waals surface area contributed by atoms with Crippen molar-refractivity contribution in [1.82, 2.24) is 9.97 Å². The number of ether oxygens (including phenoxy) is 1. The maximum absolute atomic E-state index is 13.6. The summed E-state index contributed by atoms with van der Waals surface area (Å²) in [5.74, 6) is -1.24. The number of aromatic nitrogens is 2. The van der Waals surface area contributed by atoms with Gasteiger partial charge in [-0.1, -0.05) is 6.92 Å². The van der Waals surface area contributed by atoms with E-state index in [0.29, 0.717) is 23.2 Å². The van der Waals surface area contributed by atoms with Crippen LogP contribution in [0.1, 0.15) is 22.8 Å². The van der Waals surface area contributed by atoms with Gasteiger partial charge in [0.05, 0.1) is 24.7 Å². The van der Waals surface area contributed by atoms with E-state index < -0.39 is 11.8 Å². The van der Waals surface area contributed by atoms with Gasteiger partial charge in [0, 0.05) is 11.1 Å². The van der Waals surface area contributed by atoms with Crippen LogP contribution in [-0.4, -0.2) is 23.0 Å². The maximum Gasteiger partial charge on any atom is 0.337 e. The maximum atomic E-state index is 13.6. The predicted molar refractivity (Wildman–Crippen MR) is 71.0 cm³/mol. The molecule has 1 N–H and O–H groups in total. The number of benzene rings is 1. The third kappa shape index (κ3) is 2.59. The van der Waals surface area contributed by atoms with Gasteiger partial charge in [0.15, 0.2) is 0 Å². The van der Waals surface area contributed by atoms with E-state index in [1.807, 2.05) is 0 Å². The lowest BCUT2D eigenvalue weighted by atomic mass is 10.0. The average Bonchev–Trinajstić information content (AvgIpc) is 2.45. The van der Waals surface area contributed by atoms with Crippen LogP contribution >= 0.6 is 0 Å². The highest BCUT2D eigenvalue weighted by Crippen LogP contribution is 2.22. The first-order valence-corrected chi connectivity index (χ1v) is 6.02. The molecule has 5 nitrogen and oxygen atoms in total. The van der Waals surface area contributed by atoms with Gasteiger partial charge in [0.1, 0.15) is 5.82 Å². The number of carbonyl (C=O) groups excluding carboxylic acids is 1. The lowest BCUT2D eigenvalue weighted by molar-refractivity contribution is 0.0600. The number of methoxy groups -OCH3 is 1. The molecule has 0 aliphatic rings. The van der Waals surface area contributed by atoms with Crippen LogP contribution in [0.3, 0.4) is 0 Å². The van der Waals surface area contributed by atoms with Crippen LogP contribution in [0.4, 0.5) is 4.39 Å². The molecule has 2 rings (SSSR count). The summed E-state index contributed by atoms with van der Waals surface area (Å²) in [7, 11) is 1.22. The normalized spacial score (nSPS) is 10.3. The van der Waals surface area contributed by atoms with Crippen molar-refractivity contribution in [2.24, 2.45) is 0 Å². The van der Waals surface area contributed by atoms with E-state index in [1.165, 1.54) is 25.6 Å². The molecule has 0 radical (unpaired) electrons. The number of halogens is 1. The van der Waals surface area contributed by atoms with Crippen LogP contribution < -0.4 is 5.56 Å². The first kappa shape index (κ1) is 13.9. The second kappa shape index (κ2) is 5.64. The molecule has 0 saturated heterocycles. The van der Waals surface area contributed by atoms with Crippen molar-refractivity contribution in [2.45, 2.75) is 13.3 Å². The van der Waals surface area contributed by atoms with E-state index in [-0.39, 0.29) is 11.1 Å². The molecule has 0 fully saturated rings. The number of hydrogen-bond donors (Lipinski definition) is 1. The number of nitrogens with zero attached hydrogens (tertiary/aromatic N) is 1. The van der Waals surface area contributed by atoms with E-state index >= 15 is 0 Å². The monoisotopic (exact) mass is 276 g/mol. The SMILES string of the molecule is CCc1c(-c2cc(F)cc(C(=O)OC)c2)nc[nH]c1=O. The molecule has 0 spiro atoms.